The third kappa shape index (κ3) is 3.90. The molecule has 0 N–H and O–H groups in total. The molecule has 3 heterocycles. The van der Waals surface area contributed by atoms with Crippen LogP contribution in [-0.2, 0) is 19.5 Å². The molecule has 0 spiro atoms. The third-order valence-electron chi connectivity index (χ3n) is 6.26. The van der Waals surface area contributed by atoms with Crippen LogP contribution in [0.2, 0.25) is 0 Å². The lowest BCUT2D eigenvalue weighted by atomic mass is 10.2. The van der Waals surface area contributed by atoms with E-state index in [9.17, 15) is 4.79 Å². The summed E-state index contributed by atoms with van der Waals surface area (Å²) in [6.45, 7) is 5.54. The zero-order chi connectivity index (χ0) is 22.8. The summed E-state index contributed by atoms with van der Waals surface area (Å²) in [5, 5.41) is 0.576. The molecule has 0 fully saturated rings. The number of rotatable bonds is 8. The number of unbranched alkanes of at least 4 members (excludes halogenated alkanes) is 3. The molecule has 33 heavy (non-hydrogen) atoms. The first-order valence-electron chi connectivity index (χ1n) is 11.9. The molecule has 0 saturated carbocycles. The van der Waals surface area contributed by atoms with Crippen molar-refractivity contribution in [3.05, 3.63) is 76.3 Å². The zero-order valence-corrected chi connectivity index (χ0v) is 19.3. The van der Waals surface area contributed by atoms with Gasteiger partial charge in [-0.15, -0.1) is 0 Å². The summed E-state index contributed by atoms with van der Waals surface area (Å²) in [6.07, 6.45) is 5.15. The maximum absolute atomic E-state index is 13.8. The second-order valence-corrected chi connectivity index (χ2v) is 8.55. The molecule has 0 unspecified atom stereocenters. The van der Waals surface area contributed by atoms with Gasteiger partial charge in [0.05, 0.1) is 17.6 Å². The molecule has 0 amide bonds. The molecule has 0 radical (unpaired) electrons. The second-order valence-electron chi connectivity index (χ2n) is 8.55. The van der Waals surface area contributed by atoms with Crippen molar-refractivity contribution < 1.29 is 0 Å². The Bertz CT molecular complexity index is 1480. The van der Waals surface area contributed by atoms with Crippen LogP contribution in [0, 0.1) is 0 Å². The van der Waals surface area contributed by atoms with E-state index in [0.717, 1.165) is 35.3 Å². The molecule has 0 atom stereocenters. The molecule has 5 aromatic rings. The van der Waals surface area contributed by atoms with Crippen LogP contribution >= 0.6 is 0 Å². The van der Waals surface area contributed by atoms with Crippen LogP contribution in [0.15, 0.2) is 59.4 Å². The SMILES string of the molecule is CCCCCCn1c(CC)nc2c(c1=O)c1nc3ccccc3nc1n2Cc1ccccc1. The maximum Gasteiger partial charge on any atom is 0.265 e. The number of hydrogen-bond acceptors (Lipinski definition) is 4. The highest BCUT2D eigenvalue weighted by Gasteiger charge is 2.21. The highest BCUT2D eigenvalue weighted by atomic mass is 16.1. The Morgan fingerprint density at radius 3 is 2.21 bits per heavy atom. The van der Waals surface area contributed by atoms with E-state index in [0.29, 0.717) is 41.7 Å². The molecule has 0 saturated heterocycles. The minimum absolute atomic E-state index is 0.00487. The first-order chi connectivity index (χ1) is 16.2. The molecule has 6 nitrogen and oxygen atoms in total. The minimum atomic E-state index is -0.00487. The summed E-state index contributed by atoms with van der Waals surface area (Å²) in [7, 11) is 0. The summed E-state index contributed by atoms with van der Waals surface area (Å²) in [6, 6.07) is 18.0. The fraction of sp³-hybridized carbons (Fsp3) is 0.333. The third-order valence-corrected chi connectivity index (χ3v) is 6.26. The van der Waals surface area contributed by atoms with Crippen molar-refractivity contribution in [1.82, 2.24) is 24.1 Å². The van der Waals surface area contributed by atoms with Crippen molar-refractivity contribution in [2.24, 2.45) is 0 Å². The van der Waals surface area contributed by atoms with Gasteiger partial charge in [-0.1, -0.05) is 75.6 Å². The zero-order valence-electron chi connectivity index (χ0n) is 19.3. The van der Waals surface area contributed by atoms with Gasteiger partial charge in [0.15, 0.2) is 11.3 Å². The number of aromatic nitrogens is 5. The predicted molar refractivity (Wildman–Crippen MR) is 134 cm³/mol. The highest BCUT2D eigenvalue weighted by Crippen LogP contribution is 2.26. The molecule has 2 aromatic carbocycles. The van der Waals surface area contributed by atoms with Crippen LogP contribution < -0.4 is 5.56 Å². The van der Waals surface area contributed by atoms with E-state index in [1.807, 2.05) is 47.0 Å². The average Bonchev–Trinajstić information content (AvgIpc) is 3.14. The quantitative estimate of drug-likeness (QED) is 0.300. The summed E-state index contributed by atoms with van der Waals surface area (Å²) in [4.78, 5) is 28.7. The number of nitrogens with zero attached hydrogens (tertiary/aromatic N) is 5. The van der Waals surface area contributed by atoms with Gasteiger partial charge in [-0.3, -0.25) is 9.36 Å². The van der Waals surface area contributed by atoms with Gasteiger partial charge in [-0.05, 0) is 24.1 Å². The van der Waals surface area contributed by atoms with Gasteiger partial charge in [0.1, 0.15) is 16.7 Å². The fourth-order valence-electron chi connectivity index (χ4n) is 4.55. The Kier molecular flexibility index (Phi) is 5.90. The number of aryl methyl sites for hydroxylation is 1. The van der Waals surface area contributed by atoms with Gasteiger partial charge >= 0.3 is 0 Å². The van der Waals surface area contributed by atoms with Gasteiger partial charge in [0.25, 0.3) is 5.56 Å². The lowest BCUT2D eigenvalue weighted by molar-refractivity contribution is 0.548. The van der Waals surface area contributed by atoms with Crippen LogP contribution in [0.5, 0.6) is 0 Å². The molecular weight excluding hydrogens is 410 g/mol. The van der Waals surface area contributed by atoms with Crippen LogP contribution in [0.1, 0.15) is 50.9 Å². The molecular formula is C27H29N5O. The lowest BCUT2D eigenvalue weighted by Gasteiger charge is -2.12. The molecule has 168 valence electrons. The summed E-state index contributed by atoms with van der Waals surface area (Å²) in [5.41, 5.74) is 4.76. The van der Waals surface area contributed by atoms with Crippen molar-refractivity contribution >= 4 is 33.2 Å². The van der Waals surface area contributed by atoms with E-state index in [2.05, 4.69) is 30.5 Å². The number of para-hydroxylation sites is 2. The van der Waals surface area contributed by atoms with Crippen LogP contribution in [0.3, 0.4) is 0 Å². The molecule has 0 aliphatic rings. The van der Waals surface area contributed by atoms with E-state index in [4.69, 9.17) is 15.0 Å². The molecule has 3 aromatic heterocycles. The minimum Gasteiger partial charge on any atom is -0.304 e. The second kappa shape index (κ2) is 9.14. The van der Waals surface area contributed by atoms with Gasteiger partial charge in [-0.2, -0.15) is 0 Å². The Balaban J connectivity index is 1.78. The molecule has 0 aliphatic heterocycles. The molecule has 5 rings (SSSR count). The normalized spacial score (nSPS) is 11.7. The smallest absolute Gasteiger partial charge is 0.265 e. The summed E-state index contributed by atoms with van der Waals surface area (Å²) >= 11 is 0. The molecule has 0 aliphatic carbocycles. The van der Waals surface area contributed by atoms with Crippen molar-refractivity contribution in [3.8, 4) is 0 Å². The number of hydrogen-bond donors (Lipinski definition) is 0. The van der Waals surface area contributed by atoms with Crippen LogP contribution in [0.4, 0.5) is 0 Å². The largest absolute Gasteiger partial charge is 0.304 e. The Morgan fingerprint density at radius 2 is 1.48 bits per heavy atom. The van der Waals surface area contributed by atoms with E-state index in [-0.39, 0.29) is 5.56 Å². The fourth-order valence-corrected chi connectivity index (χ4v) is 4.55. The summed E-state index contributed by atoms with van der Waals surface area (Å²) in [5.74, 6) is 0.825. The highest BCUT2D eigenvalue weighted by molar-refractivity contribution is 6.04. The maximum atomic E-state index is 13.8. The first kappa shape index (κ1) is 21.3. The van der Waals surface area contributed by atoms with Crippen molar-refractivity contribution in [3.63, 3.8) is 0 Å². The molecule has 0 bridgehead atoms. The molecule has 6 heteroatoms. The number of fused-ring (bicyclic) bond motifs is 4. The van der Waals surface area contributed by atoms with Gasteiger partial charge in [-0.25, -0.2) is 15.0 Å². The van der Waals surface area contributed by atoms with E-state index >= 15 is 0 Å². The van der Waals surface area contributed by atoms with Gasteiger partial charge < -0.3 is 4.57 Å². The summed E-state index contributed by atoms with van der Waals surface area (Å²) < 4.78 is 3.92. The first-order valence-corrected chi connectivity index (χ1v) is 11.9. The van der Waals surface area contributed by atoms with E-state index in [1.165, 1.54) is 12.8 Å². The topological polar surface area (TPSA) is 65.6 Å². The van der Waals surface area contributed by atoms with E-state index in [1.54, 1.807) is 0 Å². The van der Waals surface area contributed by atoms with Crippen molar-refractivity contribution in [2.75, 3.05) is 0 Å². The van der Waals surface area contributed by atoms with Gasteiger partial charge in [0.2, 0.25) is 0 Å². The van der Waals surface area contributed by atoms with Crippen LogP contribution in [0.25, 0.3) is 33.2 Å². The Labute approximate surface area is 192 Å². The monoisotopic (exact) mass is 439 g/mol. The van der Waals surface area contributed by atoms with Crippen LogP contribution in [-0.4, -0.2) is 24.1 Å². The lowest BCUT2D eigenvalue weighted by Crippen LogP contribution is -2.25. The van der Waals surface area contributed by atoms with Crippen molar-refractivity contribution in [2.45, 2.75) is 59.0 Å². The standard InChI is InChI=1S/C27H29N5O/c1-3-5-6-12-17-31-22(4-2)30-25-23(27(31)33)24-26(29-21-16-11-10-15-20(21)28-24)32(25)18-19-13-8-7-9-14-19/h7-11,13-16H,3-6,12,17-18H2,1-2H3. The van der Waals surface area contributed by atoms with Gasteiger partial charge in [0, 0.05) is 13.0 Å². The number of benzene rings is 2. The average molecular weight is 440 g/mol. The Morgan fingerprint density at radius 1 is 0.758 bits per heavy atom. The Hall–Kier alpha value is -3.54. The van der Waals surface area contributed by atoms with E-state index < -0.39 is 0 Å². The predicted octanol–water partition coefficient (Wildman–Crippen LogP) is 5.49. The van der Waals surface area contributed by atoms with Crippen molar-refractivity contribution in [1.29, 1.82) is 0 Å².